The molecule has 0 aliphatic rings. The second-order valence-corrected chi connectivity index (χ2v) is 8.04. The van der Waals surface area contributed by atoms with Gasteiger partial charge in [0.25, 0.3) is 0 Å². The zero-order valence-electron chi connectivity index (χ0n) is 18.1. The van der Waals surface area contributed by atoms with Crippen molar-refractivity contribution in [1.82, 2.24) is 4.90 Å². The molecular weight excluding hydrogens is 370 g/mol. The molecule has 3 aromatic rings. The topological polar surface area (TPSA) is 29.5 Å². The molecule has 0 saturated carbocycles. The van der Waals surface area contributed by atoms with E-state index < -0.39 is 0 Å². The lowest BCUT2D eigenvalue weighted by atomic mass is 9.73. The van der Waals surface area contributed by atoms with E-state index in [9.17, 15) is 4.79 Å². The molecule has 3 nitrogen and oxygen atoms in total. The van der Waals surface area contributed by atoms with Gasteiger partial charge >= 0.3 is 0 Å². The van der Waals surface area contributed by atoms with Crippen LogP contribution in [-0.4, -0.2) is 38.4 Å². The van der Waals surface area contributed by atoms with Crippen LogP contribution in [-0.2, 0) is 4.79 Å². The third kappa shape index (κ3) is 5.58. The van der Waals surface area contributed by atoms with E-state index >= 15 is 0 Å². The lowest BCUT2D eigenvalue weighted by molar-refractivity contribution is -0.110. The maximum absolute atomic E-state index is 12.1. The minimum atomic E-state index is -0.174. The van der Waals surface area contributed by atoms with Gasteiger partial charge in [0, 0.05) is 18.4 Å². The van der Waals surface area contributed by atoms with E-state index in [4.69, 9.17) is 4.74 Å². The summed E-state index contributed by atoms with van der Waals surface area (Å²) in [6, 6.07) is 28.8. The van der Waals surface area contributed by atoms with Crippen molar-refractivity contribution in [2.75, 3.05) is 27.2 Å². The summed E-state index contributed by atoms with van der Waals surface area (Å²) >= 11 is 0. The summed E-state index contributed by atoms with van der Waals surface area (Å²) in [6.07, 6.45) is 1.09. The van der Waals surface area contributed by atoms with Gasteiger partial charge in [-0.3, -0.25) is 0 Å². The molecule has 156 valence electrons. The molecular formula is C27H31NO2. The highest BCUT2D eigenvalue weighted by Crippen LogP contribution is 2.39. The summed E-state index contributed by atoms with van der Waals surface area (Å²) in [6.45, 7) is 3.71. The number of likely N-dealkylation sites (N-methyl/N-ethyl adjacent to an activating group) is 1. The van der Waals surface area contributed by atoms with E-state index in [1.807, 2.05) is 62.6 Å². The molecule has 0 aliphatic heterocycles. The molecule has 3 unspecified atom stereocenters. The van der Waals surface area contributed by atoms with Crippen LogP contribution in [0.5, 0.6) is 5.75 Å². The number of hydrogen-bond donors (Lipinski definition) is 0. The van der Waals surface area contributed by atoms with Crippen molar-refractivity contribution in [2.45, 2.75) is 18.8 Å². The number of nitrogens with zero attached hydrogens (tertiary/aromatic N) is 1. The maximum Gasteiger partial charge on any atom is 0.127 e. The van der Waals surface area contributed by atoms with Crippen LogP contribution in [0.3, 0.4) is 0 Å². The Kier molecular flexibility index (Phi) is 7.81. The smallest absolute Gasteiger partial charge is 0.127 e. The molecule has 0 radical (unpaired) electrons. The molecule has 0 aliphatic carbocycles. The molecule has 3 rings (SSSR count). The third-order valence-electron chi connectivity index (χ3n) is 5.63. The standard InChI is InChI=1S/C27H31NO2/c1-21(26(20-29)22-10-6-4-7-11-22)27(23-12-8-5-9-13-23)24-14-16-25(17-15-24)30-19-18-28(2)3/h4-17,20-21,26-27H,18-19H2,1-3H3. The first-order valence-electron chi connectivity index (χ1n) is 10.5. The Morgan fingerprint density at radius 1 is 0.800 bits per heavy atom. The van der Waals surface area contributed by atoms with Gasteiger partial charge in [-0.25, -0.2) is 0 Å². The summed E-state index contributed by atoms with van der Waals surface area (Å²) in [5.74, 6) is 0.910. The lowest BCUT2D eigenvalue weighted by Gasteiger charge is -2.29. The van der Waals surface area contributed by atoms with Crippen LogP contribution in [0.2, 0.25) is 0 Å². The van der Waals surface area contributed by atoms with Crippen LogP contribution in [0.25, 0.3) is 0 Å². The Hall–Kier alpha value is -2.91. The van der Waals surface area contributed by atoms with Crippen molar-refractivity contribution in [2.24, 2.45) is 5.92 Å². The zero-order valence-corrected chi connectivity index (χ0v) is 18.1. The summed E-state index contributed by atoms with van der Waals surface area (Å²) in [7, 11) is 4.07. The molecule has 3 aromatic carbocycles. The molecule has 0 spiro atoms. The predicted octanol–water partition coefficient (Wildman–Crippen LogP) is 5.38. The molecule has 30 heavy (non-hydrogen) atoms. The average Bonchev–Trinajstić information content (AvgIpc) is 2.77. The van der Waals surface area contributed by atoms with Gasteiger partial charge in [0.15, 0.2) is 0 Å². The highest BCUT2D eigenvalue weighted by Gasteiger charge is 2.29. The molecule has 0 bridgehead atoms. The Bertz CT molecular complexity index is 891. The molecule has 0 N–H and O–H groups in total. The van der Waals surface area contributed by atoms with Crippen molar-refractivity contribution in [3.63, 3.8) is 0 Å². The van der Waals surface area contributed by atoms with Crippen LogP contribution >= 0.6 is 0 Å². The summed E-state index contributed by atoms with van der Waals surface area (Å²) < 4.78 is 5.86. The molecule has 3 heteroatoms. The minimum absolute atomic E-state index is 0.104. The van der Waals surface area contributed by atoms with E-state index in [0.29, 0.717) is 6.61 Å². The number of carbonyl (C=O) groups is 1. The Balaban J connectivity index is 1.89. The molecule has 0 heterocycles. The third-order valence-corrected chi connectivity index (χ3v) is 5.63. The molecule has 0 aromatic heterocycles. The quantitative estimate of drug-likeness (QED) is 0.427. The fourth-order valence-electron chi connectivity index (χ4n) is 3.97. The van der Waals surface area contributed by atoms with Crippen molar-refractivity contribution in [1.29, 1.82) is 0 Å². The monoisotopic (exact) mass is 401 g/mol. The normalized spacial score (nSPS) is 14.1. The Morgan fingerprint density at radius 2 is 1.33 bits per heavy atom. The van der Waals surface area contributed by atoms with E-state index in [0.717, 1.165) is 24.1 Å². The fourth-order valence-corrected chi connectivity index (χ4v) is 3.97. The van der Waals surface area contributed by atoms with E-state index in [1.165, 1.54) is 11.1 Å². The summed E-state index contributed by atoms with van der Waals surface area (Å²) in [5.41, 5.74) is 3.47. The van der Waals surface area contributed by atoms with E-state index in [-0.39, 0.29) is 17.8 Å². The second kappa shape index (κ2) is 10.7. The van der Waals surface area contributed by atoms with Crippen LogP contribution in [0.1, 0.15) is 35.4 Å². The van der Waals surface area contributed by atoms with Crippen molar-refractivity contribution < 1.29 is 9.53 Å². The molecule has 0 amide bonds. The van der Waals surface area contributed by atoms with Gasteiger partial charge in [-0.15, -0.1) is 0 Å². The highest BCUT2D eigenvalue weighted by atomic mass is 16.5. The van der Waals surface area contributed by atoms with Crippen molar-refractivity contribution >= 4 is 6.29 Å². The Labute approximate surface area is 180 Å². The average molecular weight is 402 g/mol. The first-order chi connectivity index (χ1) is 14.6. The van der Waals surface area contributed by atoms with Gasteiger partial charge in [0.05, 0.1) is 0 Å². The molecule has 0 fully saturated rings. The number of benzene rings is 3. The SMILES string of the molecule is CC(C(C=O)c1ccccc1)C(c1ccccc1)c1ccc(OCCN(C)C)cc1. The van der Waals surface area contributed by atoms with Gasteiger partial charge in [0.2, 0.25) is 0 Å². The fraction of sp³-hybridized carbons (Fsp3) is 0.296. The summed E-state index contributed by atoms with van der Waals surface area (Å²) in [5, 5.41) is 0. The lowest BCUT2D eigenvalue weighted by Crippen LogP contribution is -2.21. The van der Waals surface area contributed by atoms with Crippen LogP contribution < -0.4 is 4.74 Å². The van der Waals surface area contributed by atoms with E-state index in [2.05, 4.69) is 48.2 Å². The van der Waals surface area contributed by atoms with Crippen LogP contribution in [0, 0.1) is 5.92 Å². The van der Waals surface area contributed by atoms with Crippen molar-refractivity contribution in [3.05, 3.63) is 102 Å². The van der Waals surface area contributed by atoms with Crippen molar-refractivity contribution in [3.8, 4) is 5.75 Å². The van der Waals surface area contributed by atoms with E-state index in [1.54, 1.807) is 0 Å². The van der Waals surface area contributed by atoms with Gasteiger partial charge in [-0.05, 0) is 48.8 Å². The minimum Gasteiger partial charge on any atom is -0.492 e. The number of ether oxygens (including phenoxy) is 1. The zero-order chi connectivity index (χ0) is 21.3. The van der Waals surface area contributed by atoms with Crippen LogP contribution in [0.4, 0.5) is 0 Å². The number of aldehydes is 1. The summed E-state index contributed by atoms with van der Waals surface area (Å²) in [4.78, 5) is 14.2. The van der Waals surface area contributed by atoms with Gasteiger partial charge < -0.3 is 14.4 Å². The predicted molar refractivity (Wildman–Crippen MR) is 123 cm³/mol. The second-order valence-electron chi connectivity index (χ2n) is 8.04. The number of rotatable bonds is 10. The maximum atomic E-state index is 12.1. The molecule has 3 atom stereocenters. The van der Waals surface area contributed by atoms with Gasteiger partial charge in [0.1, 0.15) is 18.6 Å². The largest absolute Gasteiger partial charge is 0.492 e. The highest BCUT2D eigenvalue weighted by molar-refractivity contribution is 5.63. The van der Waals surface area contributed by atoms with Gasteiger partial charge in [-0.1, -0.05) is 79.7 Å². The molecule has 0 saturated heterocycles. The first-order valence-corrected chi connectivity index (χ1v) is 10.5. The first kappa shape index (κ1) is 21.8. The number of carbonyl (C=O) groups excluding carboxylic acids is 1. The van der Waals surface area contributed by atoms with Gasteiger partial charge in [-0.2, -0.15) is 0 Å². The van der Waals surface area contributed by atoms with Crippen LogP contribution in [0.15, 0.2) is 84.9 Å². The number of hydrogen-bond acceptors (Lipinski definition) is 3. The Morgan fingerprint density at radius 3 is 1.87 bits per heavy atom.